The summed E-state index contributed by atoms with van der Waals surface area (Å²) in [4.78, 5) is 11.4. The second-order valence-corrected chi connectivity index (χ2v) is 4.16. The Labute approximate surface area is 87.2 Å². The van der Waals surface area contributed by atoms with Crippen molar-refractivity contribution in [3.05, 3.63) is 0 Å². The van der Waals surface area contributed by atoms with E-state index in [1.165, 1.54) is 0 Å². The second kappa shape index (κ2) is 7.94. The number of unbranched alkanes of at least 4 members (excludes halogenated alkanes) is 3. The Balaban J connectivity index is 3.44. The Morgan fingerprint density at radius 3 is 2.21 bits per heavy atom. The fraction of sp³-hybridized carbons (Fsp3) is 0.909. The number of hydrogen-bond acceptors (Lipinski definition) is 3. The Kier molecular flexibility index (Phi) is 7.71. The maximum atomic E-state index is 11.4. The summed E-state index contributed by atoms with van der Waals surface area (Å²) in [6.07, 6.45) is 5.23. The van der Waals surface area contributed by atoms with Gasteiger partial charge in [-0.25, -0.2) is 0 Å². The molecule has 0 spiro atoms. The average Bonchev–Trinajstić information content (AvgIpc) is 2.16. The van der Waals surface area contributed by atoms with E-state index < -0.39 is 0 Å². The van der Waals surface area contributed by atoms with Crippen molar-refractivity contribution in [2.45, 2.75) is 52.0 Å². The topological polar surface area (TPSA) is 69.1 Å². The molecular weight excluding hydrogens is 176 g/mol. The van der Waals surface area contributed by atoms with Crippen molar-refractivity contribution in [1.82, 2.24) is 0 Å². The maximum absolute atomic E-state index is 11.4. The lowest BCUT2D eigenvalue weighted by atomic mass is 9.97. The van der Waals surface area contributed by atoms with Gasteiger partial charge in [0.2, 0.25) is 0 Å². The molecule has 0 unspecified atom stereocenters. The minimum absolute atomic E-state index is 0.0639. The fourth-order valence-corrected chi connectivity index (χ4v) is 1.43. The van der Waals surface area contributed by atoms with Crippen LogP contribution in [0.4, 0.5) is 0 Å². The molecule has 0 rings (SSSR count). The third-order valence-corrected chi connectivity index (χ3v) is 2.40. The summed E-state index contributed by atoms with van der Waals surface area (Å²) in [7, 11) is 0. The summed E-state index contributed by atoms with van der Waals surface area (Å²) < 4.78 is 0. The fourth-order valence-electron chi connectivity index (χ4n) is 1.43. The highest BCUT2D eigenvalue weighted by molar-refractivity contribution is 5.85. The third-order valence-electron chi connectivity index (χ3n) is 2.40. The van der Waals surface area contributed by atoms with Gasteiger partial charge in [-0.3, -0.25) is 4.79 Å². The summed E-state index contributed by atoms with van der Waals surface area (Å²) in [5.74, 6) is 0.248. The van der Waals surface area contributed by atoms with Gasteiger partial charge in [-0.05, 0) is 19.4 Å². The number of carbonyl (C=O) groups excluding carboxylic acids is 1. The summed E-state index contributed by atoms with van der Waals surface area (Å²) in [6.45, 7) is 4.56. The predicted octanol–water partition coefficient (Wildman–Crippen LogP) is 1.45. The number of Topliss-reactive ketones (excluding diaryl/α,β-unsaturated/α-hetero) is 1. The molecule has 0 saturated carbocycles. The van der Waals surface area contributed by atoms with Crippen LogP contribution in [0.15, 0.2) is 0 Å². The molecule has 14 heavy (non-hydrogen) atoms. The van der Waals surface area contributed by atoms with Gasteiger partial charge >= 0.3 is 0 Å². The monoisotopic (exact) mass is 200 g/mol. The highest BCUT2D eigenvalue weighted by Gasteiger charge is 2.15. The van der Waals surface area contributed by atoms with Crippen LogP contribution in [-0.2, 0) is 4.79 Å². The van der Waals surface area contributed by atoms with E-state index in [1.807, 2.05) is 13.8 Å². The van der Waals surface area contributed by atoms with Crippen LogP contribution < -0.4 is 11.5 Å². The SMILES string of the molecule is CC(C)C(=O)[C@@H](N)CCCCCCN. The molecule has 0 amide bonds. The number of nitrogens with two attached hydrogens (primary N) is 2. The predicted molar refractivity (Wildman–Crippen MR) is 60.0 cm³/mol. The standard InChI is InChI=1S/C11H24N2O/c1-9(2)11(14)10(13)7-5-3-4-6-8-12/h9-10H,3-8,12-13H2,1-2H3/t10-/m0/s1. The second-order valence-electron chi connectivity index (χ2n) is 4.16. The van der Waals surface area contributed by atoms with Gasteiger partial charge in [-0.1, -0.05) is 33.1 Å². The van der Waals surface area contributed by atoms with Crippen LogP contribution in [0.3, 0.4) is 0 Å². The Morgan fingerprint density at radius 2 is 1.71 bits per heavy atom. The minimum atomic E-state index is -0.257. The number of rotatable bonds is 8. The number of carbonyl (C=O) groups is 1. The van der Waals surface area contributed by atoms with Crippen LogP contribution in [-0.4, -0.2) is 18.4 Å². The Morgan fingerprint density at radius 1 is 1.14 bits per heavy atom. The van der Waals surface area contributed by atoms with Gasteiger partial charge in [0.15, 0.2) is 5.78 Å². The van der Waals surface area contributed by atoms with E-state index >= 15 is 0 Å². The first-order valence-corrected chi connectivity index (χ1v) is 5.59. The highest BCUT2D eigenvalue weighted by atomic mass is 16.1. The van der Waals surface area contributed by atoms with Crippen LogP contribution in [0.25, 0.3) is 0 Å². The van der Waals surface area contributed by atoms with Crippen molar-refractivity contribution in [3.63, 3.8) is 0 Å². The molecule has 4 N–H and O–H groups in total. The van der Waals surface area contributed by atoms with E-state index in [9.17, 15) is 4.79 Å². The van der Waals surface area contributed by atoms with Gasteiger partial charge in [0.25, 0.3) is 0 Å². The smallest absolute Gasteiger partial charge is 0.152 e. The van der Waals surface area contributed by atoms with Crippen molar-refractivity contribution < 1.29 is 4.79 Å². The van der Waals surface area contributed by atoms with Crippen LogP contribution >= 0.6 is 0 Å². The first-order chi connectivity index (χ1) is 6.59. The molecule has 0 aliphatic rings. The largest absolute Gasteiger partial charge is 0.330 e. The van der Waals surface area contributed by atoms with Gasteiger partial charge in [0.05, 0.1) is 6.04 Å². The third kappa shape index (κ3) is 6.11. The van der Waals surface area contributed by atoms with Gasteiger partial charge in [-0.2, -0.15) is 0 Å². The lowest BCUT2D eigenvalue weighted by Gasteiger charge is -2.12. The quantitative estimate of drug-likeness (QED) is 0.583. The van der Waals surface area contributed by atoms with Crippen molar-refractivity contribution in [3.8, 4) is 0 Å². The summed E-state index contributed by atoms with van der Waals surface area (Å²) in [5.41, 5.74) is 11.1. The zero-order chi connectivity index (χ0) is 11.0. The molecule has 0 aliphatic heterocycles. The zero-order valence-corrected chi connectivity index (χ0v) is 9.46. The molecular formula is C11H24N2O. The van der Waals surface area contributed by atoms with Crippen LogP contribution in [0.1, 0.15) is 46.0 Å². The van der Waals surface area contributed by atoms with Crippen molar-refractivity contribution in [1.29, 1.82) is 0 Å². The molecule has 0 fully saturated rings. The molecule has 3 heteroatoms. The molecule has 0 aromatic carbocycles. The van der Waals surface area contributed by atoms with Crippen LogP contribution in [0.5, 0.6) is 0 Å². The van der Waals surface area contributed by atoms with Gasteiger partial charge < -0.3 is 11.5 Å². The molecule has 0 aliphatic carbocycles. The lowest BCUT2D eigenvalue weighted by Crippen LogP contribution is -2.33. The van der Waals surface area contributed by atoms with Crippen molar-refractivity contribution in [2.75, 3.05) is 6.54 Å². The van der Waals surface area contributed by atoms with Crippen molar-refractivity contribution >= 4 is 5.78 Å². The first kappa shape index (κ1) is 13.6. The minimum Gasteiger partial charge on any atom is -0.330 e. The summed E-state index contributed by atoms with van der Waals surface area (Å²) in [6, 6.07) is -0.257. The molecule has 0 heterocycles. The summed E-state index contributed by atoms with van der Waals surface area (Å²) >= 11 is 0. The number of hydrogen-bond donors (Lipinski definition) is 2. The van der Waals surface area contributed by atoms with Crippen LogP contribution in [0, 0.1) is 5.92 Å². The molecule has 1 atom stereocenters. The highest BCUT2D eigenvalue weighted by Crippen LogP contribution is 2.07. The van der Waals surface area contributed by atoms with Gasteiger partial charge in [0, 0.05) is 5.92 Å². The van der Waals surface area contributed by atoms with Crippen molar-refractivity contribution in [2.24, 2.45) is 17.4 Å². The summed E-state index contributed by atoms with van der Waals surface area (Å²) in [5, 5.41) is 0. The molecule has 84 valence electrons. The Bertz CT molecular complexity index is 157. The molecule has 0 bridgehead atoms. The van der Waals surface area contributed by atoms with Gasteiger partial charge in [-0.15, -0.1) is 0 Å². The molecule has 3 nitrogen and oxygen atoms in total. The Hall–Kier alpha value is -0.410. The molecule has 0 aromatic heterocycles. The number of ketones is 1. The van der Waals surface area contributed by atoms with Crippen LogP contribution in [0.2, 0.25) is 0 Å². The lowest BCUT2D eigenvalue weighted by molar-refractivity contribution is -0.123. The normalized spacial score (nSPS) is 13.2. The van der Waals surface area contributed by atoms with Gasteiger partial charge in [0.1, 0.15) is 0 Å². The average molecular weight is 200 g/mol. The van der Waals surface area contributed by atoms with E-state index in [-0.39, 0.29) is 17.7 Å². The molecule has 0 aromatic rings. The molecule has 0 radical (unpaired) electrons. The van der Waals surface area contributed by atoms with E-state index in [2.05, 4.69) is 0 Å². The molecule has 0 saturated heterocycles. The van der Waals surface area contributed by atoms with E-state index in [0.717, 1.165) is 38.6 Å². The van der Waals surface area contributed by atoms with E-state index in [1.54, 1.807) is 0 Å². The first-order valence-electron chi connectivity index (χ1n) is 5.59. The van der Waals surface area contributed by atoms with E-state index in [0.29, 0.717) is 0 Å². The van der Waals surface area contributed by atoms with E-state index in [4.69, 9.17) is 11.5 Å². The maximum Gasteiger partial charge on any atom is 0.152 e. The zero-order valence-electron chi connectivity index (χ0n) is 9.46.